The Morgan fingerprint density at radius 1 is 1.47 bits per heavy atom. The first-order chi connectivity index (χ1) is 8.08. The number of carboxylic acids is 1. The van der Waals surface area contributed by atoms with Gasteiger partial charge >= 0.3 is 5.97 Å². The van der Waals surface area contributed by atoms with Crippen molar-refractivity contribution in [3.8, 4) is 5.75 Å². The number of rotatable bonds is 3. The lowest BCUT2D eigenvalue weighted by Crippen LogP contribution is -2.31. The van der Waals surface area contributed by atoms with E-state index in [1.165, 1.54) is 11.9 Å². The Hall–Kier alpha value is -2.04. The summed E-state index contributed by atoms with van der Waals surface area (Å²) in [7, 11) is 1.47. The quantitative estimate of drug-likeness (QED) is 0.840. The molecular weight excluding hydrogens is 222 g/mol. The first-order valence-electron chi connectivity index (χ1n) is 5.31. The number of amides is 1. The highest BCUT2D eigenvalue weighted by molar-refractivity contribution is 5.96. The van der Waals surface area contributed by atoms with E-state index in [9.17, 15) is 9.59 Å². The minimum Gasteiger partial charge on any atom is -0.493 e. The standard InChI is InChI=1S/C12H13NO4/c1-13(7-11(14)15)12(16)9-2-3-10-8(6-9)4-5-17-10/h2-3,6H,4-5,7H2,1H3,(H,14,15). The van der Waals surface area contributed by atoms with Crippen LogP contribution in [0.1, 0.15) is 15.9 Å². The summed E-state index contributed by atoms with van der Waals surface area (Å²) in [5.41, 5.74) is 1.50. The van der Waals surface area contributed by atoms with E-state index < -0.39 is 5.97 Å². The number of carbonyl (C=O) groups is 2. The maximum Gasteiger partial charge on any atom is 0.323 e. The first kappa shape index (κ1) is 11.4. The van der Waals surface area contributed by atoms with E-state index in [0.717, 1.165) is 17.7 Å². The number of nitrogens with zero attached hydrogens (tertiary/aromatic N) is 1. The molecule has 1 aromatic carbocycles. The van der Waals surface area contributed by atoms with Gasteiger partial charge in [-0.15, -0.1) is 0 Å². The van der Waals surface area contributed by atoms with Gasteiger partial charge in [0.2, 0.25) is 0 Å². The molecule has 5 nitrogen and oxygen atoms in total. The number of likely N-dealkylation sites (N-methyl/N-ethyl adjacent to an activating group) is 1. The molecule has 1 aromatic rings. The van der Waals surface area contributed by atoms with Gasteiger partial charge in [-0.25, -0.2) is 0 Å². The van der Waals surface area contributed by atoms with E-state index in [2.05, 4.69) is 0 Å². The van der Waals surface area contributed by atoms with E-state index in [-0.39, 0.29) is 12.5 Å². The van der Waals surface area contributed by atoms with E-state index >= 15 is 0 Å². The summed E-state index contributed by atoms with van der Waals surface area (Å²) < 4.78 is 5.34. The summed E-state index contributed by atoms with van der Waals surface area (Å²) in [5.74, 6) is -0.505. The molecule has 0 saturated heterocycles. The van der Waals surface area contributed by atoms with E-state index in [1.807, 2.05) is 0 Å². The lowest BCUT2D eigenvalue weighted by atomic mass is 10.1. The van der Waals surface area contributed by atoms with Crippen molar-refractivity contribution in [1.82, 2.24) is 4.90 Å². The molecule has 2 rings (SSSR count). The molecule has 1 N–H and O–H groups in total. The summed E-state index contributed by atoms with van der Waals surface area (Å²) in [5, 5.41) is 8.62. The van der Waals surface area contributed by atoms with Crippen LogP contribution in [0.2, 0.25) is 0 Å². The molecule has 1 amide bonds. The SMILES string of the molecule is CN(CC(=O)O)C(=O)c1ccc2c(c1)CCO2. The molecule has 0 spiro atoms. The third-order valence-corrected chi connectivity index (χ3v) is 2.66. The molecule has 90 valence electrons. The summed E-state index contributed by atoms with van der Waals surface area (Å²) >= 11 is 0. The maximum atomic E-state index is 11.9. The molecule has 5 heteroatoms. The van der Waals surface area contributed by atoms with Crippen LogP contribution < -0.4 is 4.74 Å². The lowest BCUT2D eigenvalue weighted by molar-refractivity contribution is -0.137. The van der Waals surface area contributed by atoms with Gasteiger partial charge in [0, 0.05) is 19.0 Å². The second kappa shape index (κ2) is 4.45. The number of carboxylic acid groups (broad SMARTS) is 1. The fraction of sp³-hybridized carbons (Fsp3) is 0.333. The van der Waals surface area contributed by atoms with Gasteiger partial charge in [0.05, 0.1) is 6.61 Å². The molecule has 0 saturated carbocycles. The monoisotopic (exact) mass is 235 g/mol. The highest BCUT2D eigenvalue weighted by Crippen LogP contribution is 2.26. The van der Waals surface area contributed by atoms with Gasteiger partial charge in [-0.05, 0) is 23.8 Å². The van der Waals surface area contributed by atoms with Crippen LogP contribution in [0.15, 0.2) is 18.2 Å². The first-order valence-corrected chi connectivity index (χ1v) is 5.31. The smallest absolute Gasteiger partial charge is 0.323 e. The molecule has 0 bridgehead atoms. The van der Waals surface area contributed by atoms with E-state index in [1.54, 1.807) is 18.2 Å². The number of carbonyl (C=O) groups excluding carboxylic acids is 1. The van der Waals surface area contributed by atoms with Crippen LogP contribution in [0.4, 0.5) is 0 Å². The zero-order chi connectivity index (χ0) is 12.4. The van der Waals surface area contributed by atoms with Crippen molar-refractivity contribution >= 4 is 11.9 Å². The number of benzene rings is 1. The summed E-state index contributed by atoms with van der Waals surface area (Å²) in [6, 6.07) is 5.18. The molecule has 1 heterocycles. The normalized spacial score (nSPS) is 12.8. The molecule has 0 atom stereocenters. The number of hydrogen-bond donors (Lipinski definition) is 1. The van der Waals surface area contributed by atoms with Gasteiger partial charge in [0.1, 0.15) is 12.3 Å². The van der Waals surface area contributed by atoms with Crippen molar-refractivity contribution in [2.45, 2.75) is 6.42 Å². The molecule has 0 fully saturated rings. The summed E-state index contributed by atoms with van der Waals surface area (Å²) in [4.78, 5) is 23.6. The molecule has 1 aliphatic rings. The van der Waals surface area contributed by atoms with Crippen LogP contribution in [0.25, 0.3) is 0 Å². The number of fused-ring (bicyclic) bond motifs is 1. The predicted octanol–water partition coefficient (Wildman–Crippen LogP) is 0.778. The number of aliphatic carboxylic acids is 1. The Balaban J connectivity index is 2.17. The third-order valence-electron chi connectivity index (χ3n) is 2.66. The summed E-state index contributed by atoms with van der Waals surface area (Å²) in [6.45, 7) is 0.338. The minimum atomic E-state index is -1.02. The van der Waals surface area contributed by atoms with Gasteiger partial charge in [0.15, 0.2) is 0 Å². The van der Waals surface area contributed by atoms with Crippen LogP contribution in [-0.4, -0.2) is 42.1 Å². The fourth-order valence-corrected chi connectivity index (χ4v) is 1.81. The van der Waals surface area contributed by atoms with Crippen molar-refractivity contribution in [3.05, 3.63) is 29.3 Å². The topological polar surface area (TPSA) is 66.8 Å². The Bertz CT molecular complexity index is 470. The Morgan fingerprint density at radius 2 is 2.24 bits per heavy atom. The Labute approximate surface area is 98.6 Å². The van der Waals surface area contributed by atoms with Crippen molar-refractivity contribution in [2.24, 2.45) is 0 Å². The summed E-state index contributed by atoms with van der Waals surface area (Å²) in [6.07, 6.45) is 0.791. The lowest BCUT2D eigenvalue weighted by Gasteiger charge is -2.14. The van der Waals surface area contributed by atoms with E-state index in [4.69, 9.17) is 9.84 Å². The second-order valence-electron chi connectivity index (χ2n) is 3.98. The van der Waals surface area contributed by atoms with Crippen molar-refractivity contribution in [2.75, 3.05) is 20.2 Å². The van der Waals surface area contributed by atoms with Gasteiger partial charge in [-0.2, -0.15) is 0 Å². The Kier molecular flexibility index (Phi) is 2.99. The average Bonchev–Trinajstić information content (AvgIpc) is 2.73. The van der Waals surface area contributed by atoms with Gasteiger partial charge < -0.3 is 14.7 Å². The van der Waals surface area contributed by atoms with Crippen LogP contribution in [-0.2, 0) is 11.2 Å². The van der Waals surface area contributed by atoms with Gasteiger partial charge in [-0.3, -0.25) is 9.59 Å². The number of hydrogen-bond acceptors (Lipinski definition) is 3. The highest BCUT2D eigenvalue weighted by Gasteiger charge is 2.18. The van der Waals surface area contributed by atoms with E-state index in [0.29, 0.717) is 12.2 Å². The molecule has 0 unspecified atom stereocenters. The van der Waals surface area contributed by atoms with Crippen LogP contribution >= 0.6 is 0 Å². The zero-order valence-electron chi connectivity index (χ0n) is 9.47. The molecule has 0 aromatic heterocycles. The second-order valence-corrected chi connectivity index (χ2v) is 3.98. The molecule has 1 aliphatic heterocycles. The minimum absolute atomic E-state index is 0.290. The number of ether oxygens (including phenoxy) is 1. The molecule has 0 aliphatic carbocycles. The maximum absolute atomic E-state index is 11.9. The zero-order valence-corrected chi connectivity index (χ0v) is 9.47. The Morgan fingerprint density at radius 3 is 2.94 bits per heavy atom. The van der Waals surface area contributed by atoms with Crippen molar-refractivity contribution in [1.29, 1.82) is 0 Å². The van der Waals surface area contributed by atoms with Crippen LogP contribution in [0, 0.1) is 0 Å². The van der Waals surface area contributed by atoms with Gasteiger partial charge in [-0.1, -0.05) is 0 Å². The molecule has 17 heavy (non-hydrogen) atoms. The molecule has 0 radical (unpaired) electrons. The third kappa shape index (κ3) is 2.38. The predicted molar refractivity (Wildman–Crippen MR) is 60.2 cm³/mol. The fourth-order valence-electron chi connectivity index (χ4n) is 1.81. The van der Waals surface area contributed by atoms with Crippen molar-refractivity contribution in [3.63, 3.8) is 0 Å². The average molecular weight is 235 g/mol. The van der Waals surface area contributed by atoms with Gasteiger partial charge in [0.25, 0.3) is 5.91 Å². The van der Waals surface area contributed by atoms with Crippen molar-refractivity contribution < 1.29 is 19.4 Å². The molecular formula is C12H13NO4. The highest BCUT2D eigenvalue weighted by atomic mass is 16.5. The van der Waals surface area contributed by atoms with Crippen LogP contribution in [0.3, 0.4) is 0 Å². The van der Waals surface area contributed by atoms with Crippen LogP contribution in [0.5, 0.6) is 5.75 Å². The largest absolute Gasteiger partial charge is 0.493 e.